The smallest absolute Gasteiger partial charge is 0.328 e. The predicted molar refractivity (Wildman–Crippen MR) is 138 cm³/mol. The third kappa shape index (κ3) is 8.03. The Labute approximate surface area is 206 Å². The van der Waals surface area contributed by atoms with Gasteiger partial charge in [-0.1, -0.05) is 24.3 Å². The van der Waals surface area contributed by atoms with Crippen LogP contribution >= 0.6 is 10.6 Å². The highest BCUT2D eigenvalue weighted by Crippen LogP contribution is 2.50. The first-order chi connectivity index (χ1) is 16.8. The van der Waals surface area contributed by atoms with Gasteiger partial charge in [-0.15, -0.1) is 10.6 Å². The molecule has 0 radical (unpaired) electrons. The molecule has 0 aliphatic rings. The number of aromatic nitrogens is 1. The SMILES string of the molecule is COc1ccc(CCCCOc2ccc(S(O)(O)Cc3cccc(N)c3)nc2C=CC(=O)O)cc1. The second kappa shape index (κ2) is 12.3. The summed E-state index contributed by atoms with van der Waals surface area (Å²) in [6.45, 7) is 0.407. The number of aliphatic carboxylic acids is 1. The monoisotopic (exact) mass is 498 g/mol. The lowest BCUT2D eigenvalue weighted by atomic mass is 10.1. The summed E-state index contributed by atoms with van der Waals surface area (Å²) >= 11 is 0. The molecule has 9 heteroatoms. The van der Waals surface area contributed by atoms with Gasteiger partial charge in [0.05, 0.1) is 19.5 Å². The zero-order chi connectivity index (χ0) is 25.3. The van der Waals surface area contributed by atoms with E-state index in [9.17, 15) is 13.9 Å². The molecule has 0 spiro atoms. The number of pyridine rings is 1. The van der Waals surface area contributed by atoms with Gasteiger partial charge in [0.2, 0.25) is 0 Å². The molecule has 35 heavy (non-hydrogen) atoms. The van der Waals surface area contributed by atoms with Crippen LogP contribution in [0, 0.1) is 0 Å². The van der Waals surface area contributed by atoms with E-state index < -0.39 is 16.6 Å². The average Bonchev–Trinajstić information content (AvgIpc) is 2.83. The lowest BCUT2D eigenvalue weighted by molar-refractivity contribution is -0.131. The molecule has 5 N–H and O–H groups in total. The predicted octanol–water partition coefficient (Wildman–Crippen LogP) is 5.48. The lowest BCUT2D eigenvalue weighted by Gasteiger charge is -2.31. The highest BCUT2D eigenvalue weighted by Gasteiger charge is 2.20. The van der Waals surface area contributed by atoms with E-state index in [2.05, 4.69) is 4.98 Å². The maximum Gasteiger partial charge on any atom is 0.328 e. The molecule has 3 rings (SSSR count). The van der Waals surface area contributed by atoms with E-state index in [0.717, 1.165) is 31.1 Å². The van der Waals surface area contributed by atoms with Crippen molar-refractivity contribution >= 4 is 28.3 Å². The quantitative estimate of drug-likeness (QED) is 0.146. The molecule has 3 aromatic rings. The van der Waals surface area contributed by atoms with Crippen LogP contribution in [0.25, 0.3) is 6.08 Å². The summed E-state index contributed by atoms with van der Waals surface area (Å²) in [6, 6.07) is 17.9. The molecule has 0 saturated carbocycles. The standard InChI is InChI=1S/C26H30N2O6S/c1-33-22-10-8-19(9-11-22)5-2-3-16-34-24-13-14-25(28-23(24)12-15-26(29)30)35(31,32)18-20-6-4-7-21(27)17-20/h4,6-15,17,31-32H,2-3,5,16,18,27H2,1H3,(H,29,30). The molecule has 0 amide bonds. The number of benzene rings is 2. The number of nitrogens with zero attached hydrogens (tertiary/aromatic N) is 1. The van der Waals surface area contributed by atoms with Crippen molar-refractivity contribution in [1.82, 2.24) is 4.98 Å². The van der Waals surface area contributed by atoms with Crippen LogP contribution in [-0.4, -0.2) is 38.9 Å². The van der Waals surface area contributed by atoms with Gasteiger partial charge in [0.25, 0.3) is 0 Å². The normalized spacial score (nSPS) is 12.0. The van der Waals surface area contributed by atoms with E-state index in [0.29, 0.717) is 23.6 Å². The number of methoxy groups -OCH3 is 1. The summed E-state index contributed by atoms with van der Waals surface area (Å²) in [4.78, 5) is 15.4. The van der Waals surface area contributed by atoms with E-state index in [1.54, 1.807) is 37.4 Å². The van der Waals surface area contributed by atoms with Gasteiger partial charge >= 0.3 is 5.97 Å². The second-order valence-electron chi connectivity index (χ2n) is 7.91. The van der Waals surface area contributed by atoms with E-state index in [4.69, 9.17) is 20.3 Å². The number of anilines is 1. The molecule has 0 saturated heterocycles. The van der Waals surface area contributed by atoms with Crippen molar-refractivity contribution in [1.29, 1.82) is 0 Å². The fourth-order valence-electron chi connectivity index (χ4n) is 3.41. The van der Waals surface area contributed by atoms with E-state index in [1.165, 1.54) is 17.7 Å². The van der Waals surface area contributed by atoms with Crippen LogP contribution < -0.4 is 15.2 Å². The number of carbonyl (C=O) groups is 1. The van der Waals surface area contributed by atoms with Crippen molar-refractivity contribution in [2.45, 2.75) is 30.0 Å². The Hall–Kier alpha value is -3.53. The molecule has 1 heterocycles. The third-order valence-corrected chi connectivity index (χ3v) is 6.81. The van der Waals surface area contributed by atoms with Gasteiger partial charge in [-0.05, 0) is 72.9 Å². The van der Waals surface area contributed by atoms with Crippen molar-refractivity contribution in [3.05, 3.63) is 83.6 Å². The number of nitrogens with two attached hydrogens (primary N) is 1. The molecule has 1 aromatic heterocycles. The van der Waals surface area contributed by atoms with Crippen molar-refractivity contribution in [3.63, 3.8) is 0 Å². The topological polar surface area (TPSA) is 135 Å². The third-order valence-electron chi connectivity index (χ3n) is 5.17. The molecule has 186 valence electrons. The zero-order valence-corrected chi connectivity index (χ0v) is 20.3. The minimum atomic E-state index is -3.29. The van der Waals surface area contributed by atoms with Crippen molar-refractivity contribution < 1.29 is 28.5 Å². The van der Waals surface area contributed by atoms with Crippen molar-refractivity contribution in [3.8, 4) is 11.5 Å². The van der Waals surface area contributed by atoms with Gasteiger partial charge in [-0.3, -0.25) is 9.11 Å². The van der Waals surface area contributed by atoms with Gasteiger partial charge in [-0.25, -0.2) is 9.78 Å². The molecule has 0 fully saturated rings. The van der Waals surface area contributed by atoms with Gasteiger partial charge in [-0.2, -0.15) is 0 Å². The van der Waals surface area contributed by atoms with Crippen LogP contribution in [0.4, 0.5) is 5.69 Å². The highest BCUT2D eigenvalue weighted by molar-refractivity contribution is 8.23. The number of hydrogen-bond donors (Lipinski definition) is 4. The van der Waals surface area contributed by atoms with Gasteiger partial charge in [0.1, 0.15) is 22.2 Å². The van der Waals surface area contributed by atoms with E-state index in [-0.39, 0.29) is 16.5 Å². The molecule has 0 unspecified atom stereocenters. The number of aryl methyl sites for hydroxylation is 1. The van der Waals surface area contributed by atoms with Crippen LogP contribution in [0.1, 0.15) is 29.7 Å². The van der Waals surface area contributed by atoms with Crippen LogP contribution in [0.3, 0.4) is 0 Å². The number of carboxylic acid groups (broad SMARTS) is 1. The Morgan fingerprint density at radius 2 is 1.83 bits per heavy atom. The molecule has 0 atom stereocenters. The maximum absolute atomic E-state index is 11.0. The van der Waals surface area contributed by atoms with Crippen molar-refractivity contribution in [2.24, 2.45) is 0 Å². The second-order valence-corrected chi connectivity index (χ2v) is 9.95. The highest BCUT2D eigenvalue weighted by atomic mass is 32.3. The number of rotatable bonds is 12. The van der Waals surface area contributed by atoms with Crippen LogP contribution in [0.5, 0.6) is 11.5 Å². The van der Waals surface area contributed by atoms with E-state index >= 15 is 0 Å². The number of carboxylic acids is 1. The van der Waals surface area contributed by atoms with E-state index in [1.807, 2.05) is 24.3 Å². The molecule has 8 nitrogen and oxygen atoms in total. The zero-order valence-electron chi connectivity index (χ0n) is 19.5. The average molecular weight is 499 g/mol. The molecular weight excluding hydrogens is 468 g/mol. The minimum Gasteiger partial charge on any atom is -0.497 e. The maximum atomic E-state index is 11.0. The summed E-state index contributed by atoms with van der Waals surface area (Å²) in [5, 5.41) is 9.09. The molecular formula is C26H30N2O6S. The Bertz CT molecular complexity index is 1160. The fourth-order valence-corrected chi connectivity index (χ4v) is 4.73. The fraction of sp³-hybridized carbons (Fsp3) is 0.231. The summed E-state index contributed by atoms with van der Waals surface area (Å²) < 4.78 is 32.5. The summed E-state index contributed by atoms with van der Waals surface area (Å²) in [5.74, 6) is -0.0121. The molecule has 0 aliphatic carbocycles. The molecule has 2 aromatic carbocycles. The van der Waals surface area contributed by atoms with Crippen LogP contribution in [0.2, 0.25) is 0 Å². The Morgan fingerprint density at radius 3 is 2.51 bits per heavy atom. The summed E-state index contributed by atoms with van der Waals surface area (Å²) in [5.41, 5.74) is 8.38. The first-order valence-electron chi connectivity index (χ1n) is 11.0. The van der Waals surface area contributed by atoms with Gasteiger partial charge in [0, 0.05) is 11.8 Å². The molecule has 0 bridgehead atoms. The first kappa shape index (κ1) is 26.1. The Kier molecular flexibility index (Phi) is 9.13. The number of ether oxygens (including phenoxy) is 2. The largest absolute Gasteiger partial charge is 0.497 e. The first-order valence-corrected chi connectivity index (χ1v) is 12.8. The Morgan fingerprint density at radius 1 is 1.06 bits per heavy atom. The molecule has 0 aliphatic heterocycles. The summed E-state index contributed by atoms with van der Waals surface area (Å²) in [6.07, 6.45) is 4.79. The lowest BCUT2D eigenvalue weighted by Crippen LogP contribution is -2.07. The number of hydrogen-bond acceptors (Lipinski definition) is 7. The van der Waals surface area contributed by atoms with Crippen molar-refractivity contribution in [2.75, 3.05) is 19.5 Å². The van der Waals surface area contributed by atoms with Crippen LogP contribution in [-0.2, 0) is 17.0 Å². The number of unbranched alkanes of at least 4 members (excludes halogenated alkanes) is 1. The summed E-state index contributed by atoms with van der Waals surface area (Å²) in [7, 11) is -1.65. The Balaban J connectivity index is 1.65. The van der Waals surface area contributed by atoms with Gasteiger partial charge < -0.3 is 20.3 Å². The number of nitrogen functional groups attached to an aromatic ring is 1. The minimum absolute atomic E-state index is 0.0526. The van der Waals surface area contributed by atoms with Gasteiger partial charge in [0.15, 0.2) is 0 Å². The van der Waals surface area contributed by atoms with Crippen LogP contribution in [0.15, 0.2) is 71.8 Å².